The molecule has 2 unspecified atom stereocenters. The van der Waals surface area contributed by atoms with Gasteiger partial charge in [0.1, 0.15) is 11.4 Å². The predicted molar refractivity (Wildman–Crippen MR) is 78.0 cm³/mol. The van der Waals surface area contributed by atoms with Crippen LogP contribution in [0.25, 0.3) is 0 Å². The van der Waals surface area contributed by atoms with E-state index in [1.165, 1.54) is 0 Å². The molecule has 116 valence electrons. The smallest absolute Gasteiger partial charge is 0.237 e. The van der Waals surface area contributed by atoms with Crippen molar-refractivity contribution in [1.82, 2.24) is 5.32 Å². The van der Waals surface area contributed by atoms with E-state index in [0.29, 0.717) is 26.2 Å². The molecule has 6 heteroatoms. The third-order valence-corrected chi connectivity index (χ3v) is 3.81. The maximum absolute atomic E-state index is 12.0. The Morgan fingerprint density at radius 2 is 2.24 bits per heavy atom. The highest BCUT2D eigenvalue weighted by Gasteiger charge is 2.35. The first-order valence-electron chi connectivity index (χ1n) is 6.99. The minimum Gasteiger partial charge on any atom is -0.508 e. The first-order valence-corrected chi connectivity index (χ1v) is 6.99. The first kappa shape index (κ1) is 15.8. The van der Waals surface area contributed by atoms with Crippen LogP contribution >= 0.6 is 0 Å². The lowest BCUT2D eigenvalue weighted by atomic mass is 10.0. The van der Waals surface area contributed by atoms with Crippen LogP contribution in [0.1, 0.15) is 12.0 Å². The average Bonchev–Trinajstić information content (AvgIpc) is 2.96. The summed E-state index contributed by atoms with van der Waals surface area (Å²) in [6.07, 6.45) is 1.18. The number of carbonyl (C=O) groups excluding carboxylic acids is 1. The maximum Gasteiger partial charge on any atom is 0.237 e. The molecular weight excluding hydrogens is 272 g/mol. The Labute approximate surface area is 124 Å². The Kier molecular flexibility index (Phi) is 5.17. The second-order valence-corrected chi connectivity index (χ2v) is 5.38. The fourth-order valence-electron chi connectivity index (χ4n) is 2.32. The van der Waals surface area contributed by atoms with Gasteiger partial charge in [-0.1, -0.05) is 12.1 Å². The highest BCUT2D eigenvalue weighted by molar-refractivity contribution is 5.81. The molecule has 1 fully saturated rings. The Morgan fingerprint density at radius 3 is 2.81 bits per heavy atom. The van der Waals surface area contributed by atoms with Crippen LogP contribution in [0.4, 0.5) is 0 Å². The molecule has 2 rings (SSSR count). The van der Waals surface area contributed by atoms with Crippen molar-refractivity contribution in [3.8, 4) is 5.75 Å². The van der Waals surface area contributed by atoms with Gasteiger partial charge >= 0.3 is 0 Å². The van der Waals surface area contributed by atoms with Crippen molar-refractivity contribution >= 4 is 5.91 Å². The van der Waals surface area contributed by atoms with Gasteiger partial charge < -0.3 is 25.6 Å². The van der Waals surface area contributed by atoms with E-state index in [2.05, 4.69) is 5.32 Å². The number of hydrogen-bond acceptors (Lipinski definition) is 5. The fourth-order valence-corrected chi connectivity index (χ4v) is 2.32. The zero-order valence-electron chi connectivity index (χ0n) is 12.2. The molecule has 1 heterocycles. The Hall–Kier alpha value is -1.63. The van der Waals surface area contributed by atoms with Crippen LogP contribution in [-0.4, -0.2) is 49.5 Å². The molecule has 1 aliphatic heterocycles. The lowest BCUT2D eigenvalue weighted by molar-refractivity contribution is -0.124. The Bertz CT molecular complexity index is 469. The van der Waals surface area contributed by atoms with Gasteiger partial charge in [0, 0.05) is 26.7 Å². The SMILES string of the molecule is COC1(CNC(=O)C(N)Cc2ccc(O)cc2)CCOC1. The number of nitrogens with one attached hydrogen (secondary N) is 1. The summed E-state index contributed by atoms with van der Waals surface area (Å²) in [7, 11) is 1.62. The first-order chi connectivity index (χ1) is 10.0. The number of aromatic hydroxyl groups is 1. The van der Waals surface area contributed by atoms with E-state index in [9.17, 15) is 9.90 Å². The molecule has 6 nitrogen and oxygen atoms in total. The average molecular weight is 294 g/mol. The summed E-state index contributed by atoms with van der Waals surface area (Å²) in [5, 5.41) is 12.1. The number of rotatable bonds is 6. The predicted octanol–water partition coefficient (Wildman–Crippen LogP) is 0.184. The summed E-state index contributed by atoms with van der Waals surface area (Å²) in [4.78, 5) is 12.0. The molecular formula is C15H22N2O4. The summed E-state index contributed by atoms with van der Waals surface area (Å²) in [5.74, 6) is -0.0218. The van der Waals surface area contributed by atoms with Gasteiger partial charge in [0.05, 0.1) is 12.6 Å². The lowest BCUT2D eigenvalue weighted by Crippen LogP contribution is -2.50. The van der Waals surface area contributed by atoms with E-state index in [1.54, 1.807) is 31.4 Å². The van der Waals surface area contributed by atoms with Gasteiger partial charge in [-0.05, 0) is 24.1 Å². The summed E-state index contributed by atoms with van der Waals surface area (Å²) in [6.45, 7) is 1.52. The molecule has 1 saturated heterocycles. The number of methoxy groups -OCH3 is 1. The highest BCUT2D eigenvalue weighted by Crippen LogP contribution is 2.21. The van der Waals surface area contributed by atoms with E-state index < -0.39 is 11.6 Å². The summed E-state index contributed by atoms with van der Waals surface area (Å²) in [6, 6.07) is 6.03. The van der Waals surface area contributed by atoms with Crippen LogP contribution in [-0.2, 0) is 20.7 Å². The number of nitrogens with two attached hydrogens (primary N) is 1. The highest BCUT2D eigenvalue weighted by atomic mass is 16.5. The second-order valence-electron chi connectivity index (χ2n) is 5.38. The van der Waals surface area contributed by atoms with Gasteiger partial charge in [0.2, 0.25) is 5.91 Å². The van der Waals surface area contributed by atoms with Crippen LogP contribution in [0.2, 0.25) is 0 Å². The number of benzene rings is 1. The van der Waals surface area contributed by atoms with Gasteiger partial charge in [0.25, 0.3) is 0 Å². The van der Waals surface area contributed by atoms with Crippen LogP contribution in [0.3, 0.4) is 0 Å². The van der Waals surface area contributed by atoms with E-state index in [-0.39, 0.29) is 11.7 Å². The van der Waals surface area contributed by atoms with Crippen molar-refractivity contribution in [1.29, 1.82) is 0 Å². The normalized spacial score (nSPS) is 23.0. The fraction of sp³-hybridized carbons (Fsp3) is 0.533. The number of hydrogen-bond donors (Lipinski definition) is 3. The molecule has 1 aliphatic rings. The van der Waals surface area contributed by atoms with Gasteiger partial charge in [-0.3, -0.25) is 4.79 Å². The molecule has 0 aromatic heterocycles. The molecule has 1 amide bonds. The molecule has 2 atom stereocenters. The van der Waals surface area contributed by atoms with E-state index in [1.807, 2.05) is 0 Å². The number of ether oxygens (including phenoxy) is 2. The number of phenols is 1. The van der Waals surface area contributed by atoms with Crippen molar-refractivity contribution in [3.05, 3.63) is 29.8 Å². The topological polar surface area (TPSA) is 93.8 Å². The molecule has 0 bridgehead atoms. The quantitative estimate of drug-likeness (QED) is 0.696. The third kappa shape index (κ3) is 4.17. The minimum atomic E-state index is -0.634. The number of phenolic OH excluding ortho intramolecular Hbond substituents is 1. The molecule has 1 aromatic carbocycles. The lowest BCUT2D eigenvalue weighted by Gasteiger charge is -2.26. The van der Waals surface area contributed by atoms with Gasteiger partial charge in [0.15, 0.2) is 0 Å². The zero-order valence-corrected chi connectivity index (χ0v) is 12.2. The maximum atomic E-state index is 12.0. The molecule has 21 heavy (non-hydrogen) atoms. The van der Waals surface area contributed by atoms with E-state index in [0.717, 1.165) is 12.0 Å². The second kappa shape index (κ2) is 6.89. The summed E-state index contributed by atoms with van der Waals surface area (Å²) in [5.41, 5.74) is 6.38. The third-order valence-electron chi connectivity index (χ3n) is 3.81. The van der Waals surface area contributed by atoms with Crippen molar-refractivity contribution in [2.24, 2.45) is 5.73 Å². The minimum absolute atomic E-state index is 0.194. The van der Waals surface area contributed by atoms with Gasteiger partial charge in [-0.15, -0.1) is 0 Å². The van der Waals surface area contributed by atoms with E-state index in [4.69, 9.17) is 15.2 Å². The monoisotopic (exact) mass is 294 g/mol. The molecule has 0 aliphatic carbocycles. The van der Waals surface area contributed by atoms with Gasteiger partial charge in [-0.2, -0.15) is 0 Å². The van der Waals surface area contributed by atoms with Crippen LogP contribution in [0.15, 0.2) is 24.3 Å². The molecule has 4 N–H and O–H groups in total. The van der Waals surface area contributed by atoms with Gasteiger partial charge in [-0.25, -0.2) is 0 Å². The standard InChI is InChI=1S/C15H22N2O4/c1-20-15(6-7-21-10-15)9-17-14(19)13(16)8-11-2-4-12(18)5-3-11/h2-5,13,18H,6-10,16H2,1H3,(H,17,19). The molecule has 1 aromatic rings. The van der Waals surface area contributed by atoms with Crippen LogP contribution in [0.5, 0.6) is 5.75 Å². The number of amides is 1. The summed E-state index contributed by atoms with van der Waals surface area (Å²) >= 11 is 0. The number of carbonyl (C=O) groups is 1. The van der Waals surface area contributed by atoms with Crippen LogP contribution in [0, 0.1) is 0 Å². The Morgan fingerprint density at radius 1 is 1.52 bits per heavy atom. The zero-order chi connectivity index (χ0) is 15.3. The largest absolute Gasteiger partial charge is 0.508 e. The molecule has 0 radical (unpaired) electrons. The van der Waals surface area contributed by atoms with Crippen molar-refractivity contribution in [2.45, 2.75) is 24.5 Å². The summed E-state index contributed by atoms with van der Waals surface area (Å²) < 4.78 is 10.8. The van der Waals surface area contributed by atoms with Crippen molar-refractivity contribution in [2.75, 3.05) is 26.9 Å². The molecule has 0 spiro atoms. The van der Waals surface area contributed by atoms with Crippen LogP contribution < -0.4 is 11.1 Å². The van der Waals surface area contributed by atoms with Crippen molar-refractivity contribution in [3.63, 3.8) is 0 Å². The van der Waals surface area contributed by atoms with Crippen molar-refractivity contribution < 1.29 is 19.4 Å². The van der Waals surface area contributed by atoms with E-state index >= 15 is 0 Å². The molecule has 0 saturated carbocycles. The Balaban J connectivity index is 1.83.